The minimum absolute atomic E-state index is 1.00. The lowest BCUT2D eigenvalue weighted by atomic mass is 10.0. The molecule has 0 unspecified atom stereocenters. The quantitative estimate of drug-likeness (QED) is 0.445. The highest BCUT2D eigenvalue weighted by molar-refractivity contribution is 5.36. The van der Waals surface area contributed by atoms with Gasteiger partial charge in [0.25, 0.3) is 0 Å². The van der Waals surface area contributed by atoms with E-state index in [1.807, 2.05) is 0 Å². The van der Waals surface area contributed by atoms with Crippen molar-refractivity contribution in [2.24, 2.45) is 0 Å². The first-order valence-corrected chi connectivity index (χ1v) is 8.41. The third-order valence-corrected chi connectivity index (χ3v) is 4.03. The molecule has 0 saturated carbocycles. The summed E-state index contributed by atoms with van der Waals surface area (Å²) >= 11 is 0. The minimum Gasteiger partial charge on any atom is -0.496 e. The van der Waals surface area contributed by atoms with Gasteiger partial charge in [-0.25, -0.2) is 0 Å². The Labute approximate surface area is 125 Å². The van der Waals surface area contributed by atoms with Crippen molar-refractivity contribution in [1.29, 1.82) is 0 Å². The largest absolute Gasteiger partial charge is 0.496 e. The summed E-state index contributed by atoms with van der Waals surface area (Å²) in [6.45, 7) is 4.40. The van der Waals surface area contributed by atoms with Crippen LogP contribution in [0.3, 0.4) is 0 Å². The van der Waals surface area contributed by atoms with Crippen molar-refractivity contribution >= 4 is 0 Å². The molecule has 0 atom stereocenters. The Morgan fingerprint density at radius 2 is 1.45 bits per heavy atom. The first-order valence-electron chi connectivity index (χ1n) is 8.41. The first-order chi connectivity index (χ1) is 9.77. The molecule has 1 aromatic rings. The fraction of sp³-hybridized carbons (Fsp3) is 0.684. The van der Waals surface area contributed by atoms with E-state index >= 15 is 0 Å². The average Bonchev–Trinajstić information content (AvgIpc) is 2.46. The van der Waals surface area contributed by atoms with Crippen molar-refractivity contribution in [2.45, 2.75) is 78.1 Å². The van der Waals surface area contributed by atoms with Crippen LogP contribution in [0, 0.1) is 6.92 Å². The lowest BCUT2D eigenvalue weighted by Gasteiger charge is -2.07. The van der Waals surface area contributed by atoms with Crippen molar-refractivity contribution in [3.05, 3.63) is 29.3 Å². The van der Waals surface area contributed by atoms with Gasteiger partial charge in [-0.1, -0.05) is 70.4 Å². The normalized spacial score (nSPS) is 10.8. The predicted molar refractivity (Wildman–Crippen MR) is 88.7 cm³/mol. The molecule has 0 bridgehead atoms. The topological polar surface area (TPSA) is 9.23 Å². The van der Waals surface area contributed by atoms with Gasteiger partial charge in [-0.15, -0.1) is 0 Å². The molecule has 0 aromatic heterocycles. The molecule has 1 rings (SSSR count). The summed E-state index contributed by atoms with van der Waals surface area (Å²) < 4.78 is 5.30. The molecule has 20 heavy (non-hydrogen) atoms. The molecule has 0 radical (unpaired) electrons. The van der Waals surface area contributed by atoms with Crippen LogP contribution in [0.15, 0.2) is 18.2 Å². The van der Waals surface area contributed by atoms with Gasteiger partial charge < -0.3 is 4.74 Å². The number of hydrogen-bond donors (Lipinski definition) is 0. The number of methoxy groups -OCH3 is 1. The fourth-order valence-corrected chi connectivity index (χ4v) is 2.74. The Balaban J connectivity index is 2.05. The maximum Gasteiger partial charge on any atom is 0.121 e. The monoisotopic (exact) mass is 276 g/mol. The van der Waals surface area contributed by atoms with Crippen molar-refractivity contribution in [3.8, 4) is 5.75 Å². The van der Waals surface area contributed by atoms with Crippen molar-refractivity contribution in [3.63, 3.8) is 0 Å². The van der Waals surface area contributed by atoms with Gasteiger partial charge in [0.15, 0.2) is 0 Å². The standard InChI is InChI=1S/C19H32O/c1-4-5-6-7-8-9-10-11-12-13-18-14-15-19(20-3)17(2)16-18/h14-16H,4-13H2,1-3H3. The third kappa shape index (κ3) is 6.98. The number of aryl methyl sites for hydroxylation is 2. The van der Waals surface area contributed by atoms with Gasteiger partial charge in [0.1, 0.15) is 5.75 Å². The molecule has 0 saturated heterocycles. The Morgan fingerprint density at radius 3 is 2.00 bits per heavy atom. The van der Waals surface area contributed by atoms with Crippen LogP contribution in [0.25, 0.3) is 0 Å². The minimum atomic E-state index is 1.00. The van der Waals surface area contributed by atoms with Crippen LogP contribution in [0.4, 0.5) is 0 Å². The molecule has 0 aliphatic carbocycles. The van der Waals surface area contributed by atoms with E-state index in [0.29, 0.717) is 0 Å². The molecule has 0 aliphatic rings. The van der Waals surface area contributed by atoms with Crippen LogP contribution in [0.1, 0.15) is 75.8 Å². The zero-order valence-electron chi connectivity index (χ0n) is 13.7. The Kier molecular flexibility index (Phi) is 9.19. The van der Waals surface area contributed by atoms with E-state index in [1.165, 1.54) is 75.3 Å². The lowest BCUT2D eigenvalue weighted by Crippen LogP contribution is -1.91. The van der Waals surface area contributed by atoms with Gasteiger partial charge in [-0.05, 0) is 37.0 Å². The van der Waals surface area contributed by atoms with E-state index in [1.54, 1.807) is 7.11 Å². The van der Waals surface area contributed by atoms with Crippen LogP contribution in [-0.4, -0.2) is 7.11 Å². The molecule has 1 aromatic carbocycles. The number of unbranched alkanes of at least 4 members (excludes halogenated alkanes) is 8. The second-order valence-electron chi connectivity index (χ2n) is 5.88. The maximum atomic E-state index is 5.30. The van der Waals surface area contributed by atoms with Crippen molar-refractivity contribution < 1.29 is 4.74 Å². The van der Waals surface area contributed by atoms with Gasteiger partial charge in [-0.3, -0.25) is 0 Å². The van der Waals surface area contributed by atoms with Gasteiger partial charge in [-0.2, -0.15) is 0 Å². The van der Waals surface area contributed by atoms with Crippen LogP contribution in [0.2, 0.25) is 0 Å². The SMILES string of the molecule is CCCCCCCCCCCc1ccc(OC)c(C)c1. The van der Waals surface area contributed by atoms with Crippen LogP contribution < -0.4 is 4.74 Å². The number of rotatable bonds is 11. The Morgan fingerprint density at radius 1 is 0.850 bits per heavy atom. The second kappa shape index (κ2) is 10.8. The highest BCUT2D eigenvalue weighted by atomic mass is 16.5. The molecule has 114 valence electrons. The van der Waals surface area contributed by atoms with E-state index in [2.05, 4.69) is 32.0 Å². The summed E-state index contributed by atoms with van der Waals surface area (Å²) in [5.74, 6) is 1.00. The first kappa shape index (κ1) is 17.1. The molecule has 0 amide bonds. The molecule has 0 heterocycles. The van der Waals surface area contributed by atoms with E-state index in [-0.39, 0.29) is 0 Å². The van der Waals surface area contributed by atoms with Crippen molar-refractivity contribution in [1.82, 2.24) is 0 Å². The Bertz CT molecular complexity index is 357. The highest BCUT2D eigenvalue weighted by Crippen LogP contribution is 2.20. The predicted octanol–water partition coefficient (Wildman–Crippen LogP) is 6.08. The molecule has 0 spiro atoms. The van der Waals surface area contributed by atoms with Gasteiger partial charge in [0.2, 0.25) is 0 Å². The molecule has 0 fully saturated rings. The highest BCUT2D eigenvalue weighted by Gasteiger charge is 2.00. The summed E-state index contributed by atoms with van der Waals surface area (Å²) in [6.07, 6.45) is 13.8. The summed E-state index contributed by atoms with van der Waals surface area (Å²) in [4.78, 5) is 0. The van der Waals surface area contributed by atoms with E-state index < -0.39 is 0 Å². The number of ether oxygens (including phenoxy) is 1. The van der Waals surface area contributed by atoms with Crippen LogP contribution in [-0.2, 0) is 6.42 Å². The average molecular weight is 276 g/mol. The zero-order chi connectivity index (χ0) is 14.6. The number of hydrogen-bond acceptors (Lipinski definition) is 1. The molecule has 1 nitrogen and oxygen atoms in total. The Hall–Kier alpha value is -0.980. The molecule has 0 aliphatic heterocycles. The molecule has 1 heteroatoms. The summed E-state index contributed by atoms with van der Waals surface area (Å²) in [7, 11) is 1.74. The summed E-state index contributed by atoms with van der Waals surface area (Å²) in [6, 6.07) is 6.57. The van der Waals surface area contributed by atoms with Gasteiger partial charge in [0, 0.05) is 0 Å². The molecular formula is C19H32O. The number of benzene rings is 1. The van der Waals surface area contributed by atoms with Gasteiger partial charge >= 0.3 is 0 Å². The molecular weight excluding hydrogens is 244 g/mol. The summed E-state index contributed by atoms with van der Waals surface area (Å²) in [5.41, 5.74) is 2.70. The summed E-state index contributed by atoms with van der Waals surface area (Å²) in [5, 5.41) is 0. The van der Waals surface area contributed by atoms with Gasteiger partial charge in [0.05, 0.1) is 7.11 Å². The van der Waals surface area contributed by atoms with E-state index in [4.69, 9.17) is 4.74 Å². The van der Waals surface area contributed by atoms with Crippen LogP contribution >= 0.6 is 0 Å². The van der Waals surface area contributed by atoms with E-state index in [9.17, 15) is 0 Å². The lowest BCUT2D eigenvalue weighted by molar-refractivity contribution is 0.411. The third-order valence-electron chi connectivity index (χ3n) is 4.03. The van der Waals surface area contributed by atoms with Crippen molar-refractivity contribution in [2.75, 3.05) is 7.11 Å². The van der Waals surface area contributed by atoms with E-state index in [0.717, 1.165) is 5.75 Å². The fourth-order valence-electron chi connectivity index (χ4n) is 2.74. The zero-order valence-corrected chi connectivity index (χ0v) is 13.7. The maximum absolute atomic E-state index is 5.30. The molecule has 0 N–H and O–H groups in total. The second-order valence-corrected chi connectivity index (χ2v) is 5.88. The smallest absolute Gasteiger partial charge is 0.121 e. The van der Waals surface area contributed by atoms with Crippen LogP contribution in [0.5, 0.6) is 5.75 Å².